The maximum absolute atomic E-state index is 5.86. The molecule has 1 aliphatic heterocycles. The Kier molecular flexibility index (Phi) is 3.15. The van der Waals surface area contributed by atoms with Gasteiger partial charge in [-0.3, -0.25) is 0 Å². The molecule has 0 radical (unpaired) electrons. The van der Waals surface area contributed by atoms with Crippen molar-refractivity contribution < 1.29 is 4.74 Å². The van der Waals surface area contributed by atoms with E-state index in [1.807, 2.05) is 18.2 Å². The molecule has 1 aromatic carbocycles. The standard InChI is InChI=1S/C15H18N2O/c1-11-9-12-5-2-3-7-14(12)17-15(11)18-10-13-6-4-8-16-13/h2-3,5,7,9,13,16H,4,6,8,10H2,1H3. The predicted molar refractivity (Wildman–Crippen MR) is 73.0 cm³/mol. The van der Waals surface area contributed by atoms with Gasteiger partial charge in [0, 0.05) is 17.0 Å². The number of ether oxygens (including phenoxy) is 1. The summed E-state index contributed by atoms with van der Waals surface area (Å²) in [6.07, 6.45) is 2.45. The van der Waals surface area contributed by atoms with Crippen LogP contribution < -0.4 is 10.1 Å². The Morgan fingerprint density at radius 1 is 1.39 bits per heavy atom. The Balaban J connectivity index is 1.80. The Hall–Kier alpha value is -1.61. The summed E-state index contributed by atoms with van der Waals surface area (Å²) in [5.41, 5.74) is 2.10. The summed E-state index contributed by atoms with van der Waals surface area (Å²) in [5.74, 6) is 0.766. The molecule has 94 valence electrons. The van der Waals surface area contributed by atoms with Gasteiger partial charge in [0.05, 0.1) is 5.52 Å². The van der Waals surface area contributed by atoms with Gasteiger partial charge in [-0.2, -0.15) is 0 Å². The molecular weight excluding hydrogens is 224 g/mol. The number of nitrogens with one attached hydrogen (secondary N) is 1. The number of aryl methyl sites for hydroxylation is 1. The van der Waals surface area contributed by atoms with Gasteiger partial charge in [0.15, 0.2) is 0 Å². The molecule has 18 heavy (non-hydrogen) atoms. The van der Waals surface area contributed by atoms with E-state index in [9.17, 15) is 0 Å². The van der Waals surface area contributed by atoms with Crippen LogP contribution in [0.3, 0.4) is 0 Å². The fourth-order valence-corrected chi connectivity index (χ4v) is 2.43. The van der Waals surface area contributed by atoms with Crippen molar-refractivity contribution in [2.45, 2.75) is 25.8 Å². The van der Waals surface area contributed by atoms with E-state index >= 15 is 0 Å². The SMILES string of the molecule is Cc1cc2ccccc2nc1OCC1CCCN1. The number of fused-ring (bicyclic) bond motifs is 1. The number of nitrogens with zero attached hydrogens (tertiary/aromatic N) is 1. The number of pyridine rings is 1. The summed E-state index contributed by atoms with van der Waals surface area (Å²) in [4.78, 5) is 4.59. The molecule has 0 amide bonds. The monoisotopic (exact) mass is 242 g/mol. The average Bonchev–Trinajstić information content (AvgIpc) is 2.89. The number of hydrogen-bond acceptors (Lipinski definition) is 3. The van der Waals surface area contributed by atoms with Crippen LogP contribution >= 0.6 is 0 Å². The Morgan fingerprint density at radius 3 is 3.11 bits per heavy atom. The third-order valence-electron chi connectivity index (χ3n) is 3.45. The molecule has 2 aromatic rings. The van der Waals surface area contributed by atoms with Gasteiger partial charge in [-0.25, -0.2) is 4.98 Å². The highest BCUT2D eigenvalue weighted by Crippen LogP contribution is 2.21. The van der Waals surface area contributed by atoms with Crippen molar-refractivity contribution in [2.75, 3.05) is 13.2 Å². The van der Waals surface area contributed by atoms with Crippen LogP contribution in [0.15, 0.2) is 30.3 Å². The lowest BCUT2D eigenvalue weighted by molar-refractivity contribution is 0.266. The zero-order valence-corrected chi connectivity index (χ0v) is 10.6. The van der Waals surface area contributed by atoms with Gasteiger partial charge in [-0.1, -0.05) is 18.2 Å². The van der Waals surface area contributed by atoms with Gasteiger partial charge in [-0.05, 0) is 38.4 Å². The molecular formula is C15H18N2O. The zero-order valence-electron chi connectivity index (χ0n) is 10.6. The molecule has 1 aromatic heterocycles. The van der Waals surface area contributed by atoms with Crippen molar-refractivity contribution in [3.05, 3.63) is 35.9 Å². The van der Waals surface area contributed by atoms with Gasteiger partial charge >= 0.3 is 0 Å². The van der Waals surface area contributed by atoms with Crippen LogP contribution in [0.25, 0.3) is 10.9 Å². The number of rotatable bonds is 3. The predicted octanol–water partition coefficient (Wildman–Crippen LogP) is 2.67. The Morgan fingerprint density at radius 2 is 2.28 bits per heavy atom. The van der Waals surface area contributed by atoms with Crippen molar-refractivity contribution in [3.63, 3.8) is 0 Å². The maximum atomic E-state index is 5.86. The normalized spacial score (nSPS) is 19.3. The van der Waals surface area contributed by atoms with Crippen LogP contribution in [0.1, 0.15) is 18.4 Å². The first kappa shape index (κ1) is 11.5. The van der Waals surface area contributed by atoms with Crippen molar-refractivity contribution in [1.82, 2.24) is 10.3 Å². The molecule has 1 unspecified atom stereocenters. The molecule has 1 aliphatic rings. The summed E-state index contributed by atoms with van der Waals surface area (Å²) in [7, 11) is 0. The van der Waals surface area contributed by atoms with E-state index < -0.39 is 0 Å². The van der Waals surface area contributed by atoms with Gasteiger partial charge in [0.1, 0.15) is 6.61 Å². The molecule has 3 heteroatoms. The third kappa shape index (κ3) is 2.31. The maximum Gasteiger partial charge on any atom is 0.216 e. The fraction of sp³-hybridized carbons (Fsp3) is 0.400. The van der Waals surface area contributed by atoms with Crippen LogP contribution in [0.2, 0.25) is 0 Å². The topological polar surface area (TPSA) is 34.1 Å². The van der Waals surface area contributed by atoms with Crippen LogP contribution in [-0.2, 0) is 0 Å². The molecule has 1 N–H and O–H groups in total. The molecule has 1 saturated heterocycles. The van der Waals surface area contributed by atoms with E-state index in [0.29, 0.717) is 12.6 Å². The summed E-state index contributed by atoms with van der Waals surface area (Å²) in [6.45, 7) is 3.88. The lowest BCUT2D eigenvalue weighted by Crippen LogP contribution is -2.28. The first-order chi connectivity index (χ1) is 8.83. The molecule has 1 fully saturated rings. The molecule has 0 spiro atoms. The van der Waals surface area contributed by atoms with E-state index in [-0.39, 0.29) is 0 Å². The zero-order chi connectivity index (χ0) is 12.4. The Labute approximate surface area is 107 Å². The largest absolute Gasteiger partial charge is 0.476 e. The minimum atomic E-state index is 0.484. The van der Waals surface area contributed by atoms with E-state index in [4.69, 9.17) is 4.74 Å². The minimum absolute atomic E-state index is 0.484. The summed E-state index contributed by atoms with van der Waals surface area (Å²) in [6, 6.07) is 10.8. The van der Waals surface area contributed by atoms with Crippen molar-refractivity contribution >= 4 is 10.9 Å². The minimum Gasteiger partial charge on any atom is -0.476 e. The highest BCUT2D eigenvalue weighted by atomic mass is 16.5. The number of para-hydroxylation sites is 1. The van der Waals surface area contributed by atoms with Gasteiger partial charge in [0.25, 0.3) is 0 Å². The summed E-state index contributed by atoms with van der Waals surface area (Å²) >= 11 is 0. The smallest absolute Gasteiger partial charge is 0.216 e. The van der Waals surface area contributed by atoms with Crippen molar-refractivity contribution in [2.24, 2.45) is 0 Å². The second-order valence-electron chi connectivity index (χ2n) is 4.91. The highest BCUT2D eigenvalue weighted by molar-refractivity contribution is 5.79. The van der Waals surface area contributed by atoms with E-state index in [1.54, 1.807) is 0 Å². The summed E-state index contributed by atoms with van der Waals surface area (Å²) < 4.78 is 5.86. The number of aromatic nitrogens is 1. The second-order valence-corrected chi connectivity index (χ2v) is 4.91. The summed E-state index contributed by atoms with van der Waals surface area (Å²) in [5, 5.41) is 4.60. The van der Waals surface area contributed by atoms with Gasteiger partial charge in [0.2, 0.25) is 5.88 Å². The molecule has 1 atom stereocenters. The van der Waals surface area contributed by atoms with Gasteiger partial charge < -0.3 is 10.1 Å². The van der Waals surface area contributed by atoms with E-state index in [1.165, 1.54) is 18.2 Å². The molecule has 0 saturated carbocycles. The molecule has 3 rings (SSSR count). The van der Waals surface area contributed by atoms with E-state index in [0.717, 1.165) is 23.5 Å². The number of benzene rings is 1. The molecule has 3 nitrogen and oxygen atoms in total. The quantitative estimate of drug-likeness (QED) is 0.898. The lowest BCUT2D eigenvalue weighted by atomic mass is 10.2. The van der Waals surface area contributed by atoms with Crippen molar-refractivity contribution in [1.29, 1.82) is 0 Å². The van der Waals surface area contributed by atoms with Crippen LogP contribution in [-0.4, -0.2) is 24.2 Å². The second kappa shape index (κ2) is 4.94. The average molecular weight is 242 g/mol. The molecule has 0 bridgehead atoms. The first-order valence-electron chi connectivity index (χ1n) is 6.55. The molecule has 0 aliphatic carbocycles. The van der Waals surface area contributed by atoms with Crippen LogP contribution in [0, 0.1) is 6.92 Å². The van der Waals surface area contributed by atoms with Crippen LogP contribution in [0.4, 0.5) is 0 Å². The molecule has 2 heterocycles. The fourth-order valence-electron chi connectivity index (χ4n) is 2.43. The van der Waals surface area contributed by atoms with Gasteiger partial charge in [-0.15, -0.1) is 0 Å². The Bertz CT molecular complexity index is 547. The lowest BCUT2D eigenvalue weighted by Gasteiger charge is -2.13. The first-order valence-corrected chi connectivity index (χ1v) is 6.55. The van der Waals surface area contributed by atoms with Crippen LogP contribution in [0.5, 0.6) is 5.88 Å². The number of hydrogen-bond donors (Lipinski definition) is 1. The third-order valence-corrected chi connectivity index (χ3v) is 3.45. The van der Waals surface area contributed by atoms with E-state index in [2.05, 4.69) is 29.4 Å². The van der Waals surface area contributed by atoms with Crippen molar-refractivity contribution in [3.8, 4) is 5.88 Å². The highest BCUT2D eigenvalue weighted by Gasteiger charge is 2.15.